The van der Waals surface area contributed by atoms with Crippen LogP contribution in [0.3, 0.4) is 0 Å². The van der Waals surface area contributed by atoms with Gasteiger partial charge in [0.25, 0.3) is 5.91 Å². The number of oxazole rings is 1. The Bertz CT molecular complexity index is 919. The molecule has 0 bridgehead atoms. The van der Waals surface area contributed by atoms with Crippen LogP contribution in [0, 0.1) is 0 Å². The molecule has 0 aliphatic carbocycles. The third kappa shape index (κ3) is 3.86. The van der Waals surface area contributed by atoms with Crippen molar-refractivity contribution in [3.8, 4) is 11.5 Å². The summed E-state index contributed by atoms with van der Waals surface area (Å²) in [7, 11) is 0. The number of para-hydroxylation sites is 1. The number of aromatic nitrogens is 1. The monoisotopic (exact) mass is 374 g/mol. The summed E-state index contributed by atoms with van der Waals surface area (Å²) in [5.41, 5.74) is 2.67. The number of nitrogens with one attached hydrogen (secondary N) is 1. The summed E-state index contributed by atoms with van der Waals surface area (Å²) < 4.78 is 5.41. The Morgan fingerprint density at radius 1 is 1.12 bits per heavy atom. The van der Waals surface area contributed by atoms with E-state index in [9.17, 15) is 4.79 Å². The van der Waals surface area contributed by atoms with Gasteiger partial charge in [0.05, 0.1) is 10.0 Å². The second kappa shape index (κ2) is 7.30. The van der Waals surface area contributed by atoms with Gasteiger partial charge in [-0.05, 0) is 35.7 Å². The molecule has 0 unspecified atom stereocenters. The minimum absolute atomic E-state index is 0.194. The van der Waals surface area contributed by atoms with Crippen LogP contribution in [0.1, 0.15) is 35.8 Å². The van der Waals surface area contributed by atoms with E-state index in [1.165, 1.54) is 6.26 Å². The van der Waals surface area contributed by atoms with Gasteiger partial charge >= 0.3 is 0 Å². The van der Waals surface area contributed by atoms with E-state index in [-0.39, 0.29) is 11.6 Å². The Morgan fingerprint density at radius 2 is 1.88 bits per heavy atom. The lowest BCUT2D eigenvalue weighted by atomic mass is 10.0. The second-order valence-electron chi connectivity index (χ2n) is 5.86. The van der Waals surface area contributed by atoms with E-state index in [4.69, 9.17) is 27.6 Å². The summed E-state index contributed by atoms with van der Waals surface area (Å²) in [4.78, 5) is 16.7. The van der Waals surface area contributed by atoms with E-state index in [1.54, 1.807) is 18.2 Å². The smallest absolute Gasteiger partial charge is 0.277 e. The molecule has 0 radical (unpaired) electrons. The van der Waals surface area contributed by atoms with Crippen LogP contribution in [0.2, 0.25) is 10.0 Å². The van der Waals surface area contributed by atoms with Crippen LogP contribution in [0.15, 0.2) is 53.1 Å². The highest BCUT2D eigenvalue weighted by Crippen LogP contribution is 2.28. The van der Waals surface area contributed by atoms with E-state index in [2.05, 4.69) is 24.1 Å². The number of hydrogen-bond donors (Lipinski definition) is 1. The van der Waals surface area contributed by atoms with Crippen LogP contribution in [-0.2, 0) is 0 Å². The Hall–Kier alpha value is -2.30. The average Bonchev–Trinajstić information content (AvgIpc) is 3.08. The van der Waals surface area contributed by atoms with Gasteiger partial charge in [0, 0.05) is 11.3 Å². The molecule has 128 valence electrons. The number of halogens is 2. The first kappa shape index (κ1) is 17.5. The van der Waals surface area contributed by atoms with Gasteiger partial charge in [-0.1, -0.05) is 55.2 Å². The SMILES string of the molecule is CC(C)c1ccccc1NC(=O)c1coc(-c2ccc(Cl)c(Cl)c2)n1. The Balaban J connectivity index is 1.83. The molecule has 0 aliphatic heterocycles. The highest BCUT2D eigenvalue weighted by molar-refractivity contribution is 6.42. The number of rotatable bonds is 4. The Kier molecular flexibility index (Phi) is 5.11. The standard InChI is InChI=1S/C19H16Cl2N2O2/c1-11(2)13-5-3-4-6-16(13)22-18(24)17-10-25-19(23-17)12-7-8-14(20)15(21)9-12/h3-11H,1-2H3,(H,22,24). The summed E-state index contributed by atoms with van der Waals surface area (Å²) in [5.74, 6) is 0.268. The minimum atomic E-state index is -0.330. The van der Waals surface area contributed by atoms with Gasteiger partial charge in [-0.2, -0.15) is 0 Å². The molecule has 25 heavy (non-hydrogen) atoms. The minimum Gasteiger partial charge on any atom is -0.444 e. The molecule has 0 saturated heterocycles. The molecule has 6 heteroatoms. The summed E-state index contributed by atoms with van der Waals surface area (Å²) in [6, 6.07) is 12.7. The molecular formula is C19H16Cl2N2O2. The maximum absolute atomic E-state index is 12.5. The van der Waals surface area contributed by atoms with E-state index < -0.39 is 0 Å². The molecule has 0 fully saturated rings. The maximum atomic E-state index is 12.5. The third-order valence-electron chi connectivity index (χ3n) is 3.73. The van der Waals surface area contributed by atoms with Crippen molar-refractivity contribution in [2.75, 3.05) is 5.32 Å². The van der Waals surface area contributed by atoms with Crippen LogP contribution < -0.4 is 5.32 Å². The number of benzene rings is 2. The second-order valence-corrected chi connectivity index (χ2v) is 6.68. The number of anilines is 1. The molecule has 3 rings (SSSR count). The van der Waals surface area contributed by atoms with Gasteiger partial charge < -0.3 is 9.73 Å². The molecule has 0 saturated carbocycles. The van der Waals surface area contributed by atoms with E-state index in [0.29, 0.717) is 27.4 Å². The van der Waals surface area contributed by atoms with E-state index in [0.717, 1.165) is 11.3 Å². The molecule has 3 aromatic rings. The molecule has 0 aliphatic rings. The van der Waals surface area contributed by atoms with Gasteiger partial charge in [-0.25, -0.2) is 4.98 Å². The predicted molar refractivity (Wildman–Crippen MR) is 100 cm³/mol. The normalized spacial score (nSPS) is 10.9. The molecule has 1 amide bonds. The summed E-state index contributed by atoms with van der Waals surface area (Å²) in [6.45, 7) is 4.15. The first-order chi connectivity index (χ1) is 12.0. The Labute approximate surface area is 155 Å². The van der Waals surface area contributed by atoms with E-state index in [1.807, 2.05) is 24.3 Å². The van der Waals surface area contributed by atoms with Crippen LogP contribution in [0.4, 0.5) is 5.69 Å². The molecular weight excluding hydrogens is 359 g/mol. The largest absolute Gasteiger partial charge is 0.444 e. The molecule has 0 atom stereocenters. The fourth-order valence-electron chi connectivity index (χ4n) is 2.44. The van der Waals surface area contributed by atoms with Crippen molar-refractivity contribution in [1.29, 1.82) is 0 Å². The number of amides is 1. The van der Waals surface area contributed by atoms with Crippen molar-refractivity contribution in [2.24, 2.45) is 0 Å². The van der Waals surface area contributed by atoms with Gasteiger partial charge in [0.15, 0.2) is 5.69 Å². The highest BCUT2D eigenvalue weighted by Gasteiger charge is 2.16. The van der Waals surface area contributed by atoms with Crippen molar-refractivity contribution in [3.05, 3.63) is 70.0 Å². The topological polar surface area (TPSA) is 55.1 Å². The lowest BCUT2D eigenvalue weighted by molar-refractivity contribution is 0.102. The number of carbonyl (C=O) groups excluding carboxylic acids is 1. The van der Waals surface area contributed by atoms with Crippen LogP contribution >= 0.6 is 23.2 Å². The number of carbonyl (C=O) groups is 1. The van der Waals surface area contributed by atoms with Crippen LogP contribution in [0.25, 0.3) is 11.5 Å². The summed E-state index contributed by atoms with van der Waals surface area (Å²) in [5, 5.41) is 3.73. The average molecular weight is 375 g/mol. The fraction of sp³-hybridized carbons (Fsp3) is 0.158. The zero-order chi connectivity index (χ0) is 18.0. The maximum Gasteiger partial charge on any atom is 0.277 e. The molecule has 1 N–H and O–H groups in total. The van der Waals surface area contributed by atoms with Crippen molar-refractivity contribution in [1.82, 2.24) is 4.98 Å². The molecule has 0 spiro atoms. The first-order valence-electron chi connectivity index (χ1n) is 7.77. The fourth-order valence-corrected chi connectivity index (χ4v) is 2.74. The van der Waals surface area contributed by atoms with Gasteiger partial charge in [0.1, 0.15) is 6.26 Å². The highest BCUT2D eigenvalue weighted by atomic mass is 35.5. The van der Waals surface area contributed by atoms with Gasteiger partial charge in [0.2, 0.25) is 5.89 Å². The molecule has 1 heterocycles. The lowest BCUT2D eigenvalue weighted by Gasteiger charge is -2.12. The first-order valence-corrected chi connectivity index (χ1v) is 8.52. The predicted octanol–water partition coefficient (Wildman–Crippen LogP) is 6.02. The van der Waals surface area contributed by atoms with Crippen molar-refractivity contribution in [3.63, 3.8) is 0 Å². The van der Waals surface area contributed by atoms with Crippen LogP contribution in [0.5, 0.6) is 0 Å². The van der Waals surface area contributed by atoms with Gasteiger partial charge in [-0.15, -0.1) is 0 Å². The lowest BCUT2D eigenvalue weighted by Crippen LogP contribution is -2.14. The Morgan fingerprint density at radius 3 is 2.60 bits per heavy atom. The summed E-state index contributed by atoms with van der Waals surface area (Å²) in [6.07, 6.45) is 1.32. The van der Waals surface area contributed by atoms with Crippen molar-refractivity contribution in [2.45, 2.75) is 19.8 Å². The quantitative estimate of drug-likeness (QED) is 0.606. The third-order valence-corrected chi connectivity index (χ3v) is 4.47. The number of nitrogens with zero attached hydrogens (tertiary/aromatic N) is 1. The molecule has 2 aromatic carbocycles. The molecule has 1 aromatic heterocycles. The van der Waals surface area contributed by atoms with E-state index >= 15 is 0 Å². The zero-order valence-corrected chi connectivity index (χ0v) is 15.2. The van der Waals surface area contributed by atoms with Gasteiger partial charge in [-0.3, -0.25) is 4.79 Å². The van der Waals surface area contributed by atoms with Crippen LogP contribution in [-0.4, -0.2) is 10.9 Å². The molecule has 4 nitrogen and oxygen atoms in total. The van der Waals surface area contributed by atoms with Crippen molar-refractivity contribution < 1.29 is 9.21 Å². The summed E-state index contributed by atoms with van der Waals surface area (Å²) >= 11 is 11.9. The zero-order valence-electron chi connectivity index (χ0n) is 13.7. The van der Waals surface area contributed by atoms with Crippen molar-refractivity contribution >= 4 is 34.8 Å². The number of hydrogen-bond acceptors (Lipinski definition) is 3.